The number of amides is 3. The topological polar surface area (TPSA) is 97.0 Å². The Labute approximate surface area is 233 Å². The maximum atomic E-state index is 14.3. The number of carbonyl (C=O) groups excluding carboxylic acids is 3. The van der Waals surface area contributed by atoms with E-state index >= 15 is 0 Å². The summed E-state index contributed by atoms with van der Waals surface area (Å²) in [4.78, 5) is 42.6. The van der Waals surface area contributed by atoms with Gasteiger partial charge in [-0.1, -0.05) is 32.0 Å². The Morgan fingerprint density at radius 1 is 0.923 bits per heavy atom. The minimum Gasteiger partial charge on any atom is -0.497 e. The number of nitrogens with zero attached hydrogens (tertiary/aromatic N) is 1. The van der Waals surface area contributed by atoms with E-state index in [0.717, 1.165) is 16.7 Å². The number of ether oxygens (including phenoxy) is 2. The minimum atomic E-state index is -0.934. The summed E-state index contributed by atoms with van der Waals surface area (Å²) in [5.74, 6) is 0.0833. The molecule has 2 atom stereocenters. The van der Waals surface area contributed by atoms with Gasteiger partial charge in [-0.2, -0.15) is 0 Å². The number of hydrogen-bond donors (Lipinski definition) is 2. The summed E-state index contributed by atoms with van der Waals surface area (Å²) in [5, 5.41) is 5.77. The first-order chi connectivity index (χ1) is 18.1. The van der Waals surface area contributed by atoms with Crippen molar-refractivity contribution in [3.8, 4) is 5.75 Å². The Bertz CT molecular complexity index is 1120. The van der Waals surface area contributed by atoms with Crippen molar-refractivity contribution in [2.24, 2.45) is 5.92 Å². The van der Waals surface area contributed by atoms with Crippen molar-refractivity contribution in [3.63, 3.8) is 0 Å². The van der Waals surface area contributed by atoms with Crippen LogP contribution >= 0.6 is 0 Å². The molecule has 39 heavy (non-hydrogen) atoms. The highest BCUT2D eigenvalue weighted by atomic mass is 16.6. The van der Waals surface area contributed by atoms with Crippen molar-refractivity contribution in [2.45, 2.75) is 92.5 Å². The smallest absolute Gasteiger partial charge is 0.408 e. The average Bonchev–Trinajstić information content (AvgIpc) is 2.81. The Balaban J connectivity index is 2.57. The lowest BCUT2D eigenvalue weighted by atomic mass is 9.92. The zero-order chi connectivity index (χ0) is 29.5. The van der Waals surface area contributed by atoms with E-state index in [9.17, 15) is 14.4 Å². The molecule has 3 amide bonds. The molecular formula is C31H45N3O5. The van der Waals surface area contributed by atoms with Crippen molar-refractivity contribution in [3.05, 3.63) is 59.2 Å². The van der Waals surface area contributed by atoms with Crippen LogP contribution in [0.3, 0.4) is 0 Å². The van der Waals surface area contributed by atoms with Gasteiger partial charge in [0.15, 0.2) is 0 Å². The quantitative estimate of drug-likeness (QED) is 0.376. The molecule has 0 aliphatic heterocycles. The van der Waals surface area contributed by atoms with Gasteiger partial charge in [0, 0.05) is 11.7 Å². The predicted octanol–water partition coefficient (Wildman–Crippen LogP) is 6.17. The van der Waals surface area contributed by atoms with Gasteiger partial charge >= 0.3 is 6.09 Å². The fourth-order valence-corrected chi connectivity index (χ4v) is 4.54. The van der Waals surface area contributed by atoms with E-state index in [2.05, 4.69) is 10.6 Å². The van der Waals surface area contributed by atoms with E-state index < -0.39 is 23.8 Å². The lowest BCUT2D eigenvalue weighted by Gasteiger charge is -2.38. The Kier molecular flexibility index (Phi) is 11.0. The van der Waals surface area contributed by atoms with Gasteiger partial charge in [0.1, 0.15) is 23.4 Å². The molecule has 0 saturated heterocycles. The number of hydrogen-bond acceptors (Lipinski definition) is 5. The van der Waals surface area contributed by atoms with Gasteiger partial charge in [-0.05, 0) is 102 Å². The van der Waals surface area contributed by atoms with Gasteiger partial charge in [-0.25, -0.2) is 4.79 Å². The SMILES string of the molecule is COc1ccc(NC(=O)C(c2c(C)cccc2C)N(C(=O)C(CC(C)C)NC(=O)OC(C)(C)C)C(C)C)cc1. The Morgan fingerprint density at radius 2 is 1.49 bits per heavy atom. The first kappa shape index (κ1) is 31.7. The second kappa shape index (κ2) is 13.5. The summed E-state index contributed by atoms with van der Waals surface area (Å²) in [6.07, 6.45) is -0.280. The molecule has 0 bridgehead atoms. The monoisotopic (exact) mass is 539 g/mol. The van der Waals surface area contributed by atoms with Crippen LogP contribution in [0.2, 0.25) is 0 Å². The van der Waals surface area contributed by atoms with E-state index in [-0.39, 0.29) is 23.8 Å². The summed E-state index contributed by atoms with van der Waals surface area (Å²) in [6, 6.07) is 10.7. The number of nitrogens with one attached hydrogen (secondary N) is 2. The van der Waals surface area contributed by atoms with Gasteiger partial charge < -0.3 is 25.0 Å². The molecule has 0 heterocycles. The summed E-state index contributed by atoms with van der Waals surface area (Å²) >= 11 is 0. The van der Waals surface area contributed by atoms with Crippen molar-refractivity contribution in [1.29, 1.82) is 0 Å². The van der Waals surface area contributed by atoms with Gasteiger partial charge in [0.05, 0.1) is 7.11 Å². The lowest BCUT2D eigenvalue weighted by molar-refractivity contribution is -0.143. The van der Waals surface area contributed by atoms with Crippen LogP contribution in [0.5, 0.6) is 5.75 Å². The second-order valence-electron chi connectivity index (χ2n) is 11.6. The first-order valence-electron chi connectivity index (χ1n) is 13.5. The number of anilines is 1. The molecule has 0 saturated carbocycles. The molecule has 0 radical (unpaired) electrons. The second-order valence-corrected chi connectivity index (χ2v) is 11.6. The van der Waals surface area contributed by atoms with E-state index in [1.165, 1.54) is 0 Å². The zero-order valence-corrected chi connectivity index (χ0v) is 25.0. The van der Waals surface area contributed by atoms with Crippen LogP contribution in [-0.4, -0.2) is 47.6 Å². The van der Waals surface area contributed by atoms with Gasteiger partial charge in [-0.15, -0.1) is 0 Å². The molecule has 0 fully saturated rings. The molecule has 2 rings (SSSR count). The van der Waals surface area contributed by atoms with E-state index in [4.69, 9.17) is 9.47 Å². The van der Waals surface area contributed by atoms with Crippen molar-refractivity contribution in [2.75, 3.05) is 12.4 Å². The molecule has 214 valence electrons. The number of carbonyl (C=O) groups is 3. The normalized spacial score (nSPS) is 13.0. The number of aryl methyl sites for hydroxylation is 2. The van der Waals surface area contributed by atoms with E-state index in [0.29, 0.717) is 17.9 Å². The summed E-state index contributed by atoms with van der Waals surface area (Å²) < 4.78 is 10.7. The number of rotatable bonds is 10. The highest BCUT2D eigenvalue weighted by Crippen LogP contribution is 2.32. The first-order valence-corrected chi connectivity index (χ1v) is 13.5. The fourth-order valence-electron chi connectivity index (χ4n) is 4.54. The highest BCUT2D eigenvalue weighted by Gasteiger charge is 2.39. The van der Waals surface area contributed by atoms with Crippen LogP contribution in [-0.2, 0) is 14.3 Å². The van der Waals surface area contributed by atoms with Crippen LogP contribution in [0.4, 0.5) is 10.5 Å². The summed E-state index contributed by atoms with van der Waals surface area (Å²) in [5.41, 5.74) is 2.41. The highest BCUT2D eigenvalue weighted by molar-refractivity contribution is 5.99. The standard InChI is InChI=1S/C31H45N3O5/c1-19(2)18-25(33-30(37)39-31(7,8)9)29(36)34(20(3)4)27(26-21(5)12-11-13-22(26)6)28(35)32-23-14-16-24(38-10)17-15-23/h11-17,19-20,25,27H,18H2,1-10H3,(H,32,35)(H,33,37). The molecule has 2 unspecified atom stereocenters. The van der Waals surface area contributed by atoms with E-state index in [1.807, 2.05) is 59.7 Å². The third kappa shape index (κ3) is 9.01. The molecule has 2 aromatic rings. The maximum absolute atomic E-state index is 14.3. The van der Waals surface area contributed by atoms with Crippen LogP contribution in [0, 0.1) is 19.8 Å². The number of benzene rings is 2. The van der Waals surface area contributed by atoms with Crippen LogP contribution in [0.15, 0.2) is 42.5 Å². The molecule has 2 aromatic carbocycles. The Hall–Kier alpha value is -3.55. The summed E-state index contributed by atoms with van der Waals surface area (Å²) in [6.45, 7) is 16.9. The Morgan fingerprint density at radius 3 is 1.95 bits per heavy atom. The van der Waals surface area contributed by atoms with Crippen LogP contribution < -0.4 is 15.4 Å². The van der Waals surface area contributed by atoms with Gasteiger partial charge in [0.2, 0.25) is 5.91 Å². The molecule has 0 aliphatic rings. The predicted molar refractivity (Wildman–Crippen MR) is 155 cm³/mol. The van der Waals surface area contributed by atoms with Crippen molar-refractivity contribution >= 4 is 23.6 Å². The van der Waals surface area contributed by atoms with E-state index in [1.54, 1.807) is 57.0 Å². The lowest BCUT2D eigenvalue weighted by Crippen LogP contribution is -2.55. The molecule has 0 spiro atoms. The fraction of sp³-hybridized carbons (Fsp3) is 0.516. The summed E-state index contributed by atoms with van der Waals surface area (Å²) in [7, 11) is 1.58. The minimum absolute atomic E-state index is 0.106. The molecular weight excluding hydrogens is 494 g/mol. The largest absolute Gasteiger partial charge is 0.497 e. The van der Waals surface area contributed by atoms with Crippen molar-refractivity contribution < 1.29 is 23.9 Å². The van der Waals surface area contributed by atoms with Crippen LogP contribution in [0.25, 0.3) is 0 Å². The molecule has 0 aromatic heterocycles. The molecule has 2 N–H and O–H groups in total. The third-order valence-electron chi connectivity index (χ3n) is 6.21. The molecule has 8 heteroatoms. The zero-order valence-electron chi connectivity index (χ0n) is 25.0. The molecule has 0 aliphatic carbocycles. The number of alkyl carbamates (subject to hydrolysis) is 1. The van der Waals surface area contributed by atoms with Crippen LogP contribution in [0.1, 0.15) is 77.6 Å². The van der Waals surface area contributed by atoms with Crippen molar-refractivity contribution in [1.82, 2.24) is 10.2 Å². The van der Waals surface area contributed by atoms with Gasteiger partial charge in [-0.3, -0.25) is 9.59 Å². The molecule has 8 nitrogen and oxygen atoms in total. The number of methoxy groups -OCH3 is 1. The maximum Gasteiger partial charge on any atom is 0.408 e. The average molecular weight is 540 g/mol. The third-order valence-corrected chi connectivity index (χ3v) is 6.21. The van der Waals surface area contributed by atoms with Gasteiger partial charge in [0.25, 0.3) is 5.91 Å².